The number of benzene rings is 1. The average Bonchev–Trinajstić information content (AvgIpc) is 2.53. The Morgan fingerprint density at radius 1 is 1.20 bits per heavy atom. The van der Waals surface area contributed by atoms with Crippen LogP contribution in [0, 0.1) is 11.3 Å². The Morgan fingerprint density at radius 3 is 2.52 bits per heavy atom. The second-order valence-corrected chi connectivity index (χ2v) is 9.57. The van der Waals surface area contributed by atoms with Gasteiger partial charge in [-0.2, -0.15) is 0 Å². The lowest BCUT2D eigenvalue weighted by Crippen LogP contribution is -2.50. The van der Waals surface area contributed by atoms with E-state index in [1.807, 2.05) is 7.11 Å². The van der Waals surface area contributed by atoms with Gasteiger partial charge in [0.25, 0.3) is 0 Å². The van der Waals surface area contributed by atoms with Crippen molar-refractivity contribution in [1.82, 2.24) is 0 Å². The lowest BCUT2D eigenvalue weighted by Gasteiger charge is -2.55. The van der Waals surface area contributed by atoms with E-state index in [0.29, 0.717) is 16.7 Å². The summed E-state index contributed by atoms with van der Waals surface area (Å²) in [6.45, 7) is 10.5. The molecule has 2 aliphatic carbocycles. The fourth-order valence-electron chi connectivity index (χ4n) is 6.01. The van der Waals surface area contributed by atoms with E-state index in [1.165, 1.54) is 43.4 Å². The van der Waals surface area contributed by atoms with Crippen LogP contribution >= 0.6 is 0 Å². The molecule has 0 heterocycles. The molecule has 0 amide bonds. The fourth-order valence-corrected chi connectivity index (χ4v) is 6.01. The smallest absolute Gasteiger partial charge is 0.0518 e. The highest BCUT2D eigenvalue weighted by Gasteiger charge is 2.51. The van der Waals surface area contributed by atoms with Crippen molar-refractivity contribution >= 4 is 5.69 Å². The maximum absolute atomic E-state index is 5.67. The summed E-state index contributed by atoms with van der Waals surface area (Å²) >= 11 is 0. The van der Waals surface area contributed by atoms with Crippen LogP contribution in [0.3, 0.4) is 0 Å². The van der Waals surface area contributed by atoms with Crippen LogP contribution in [0.4, 0.5) is 5.69 Å². The zero-order valence-electron chi connectivity index (χ0n) is 17.4. The molecule has 0 bridgehead atoms. The van der Waals surface area contributed by atoms with Crippen LogP contribution in [0.15, 0.2) is 12.1 Å². The summed E-state index contributed by atoms with van der Waals surface area (Å²) in [6.07, 6.45) is 6.47. The molecule has 3 atom stereocenters. The molecule has 25 heavy (non-hydrogen) atoms. The first-order chi connectivity index (χ1) is 11.7. The van der Waals surface area contributed by atoms with E-state index in [4.69, 9.17) is 4.74 Å². The van der Waals surface area contributed by atoms with Crippen LogP contribution in [-0.2, 0) is 16.6 Å². The molecule has 1 saturated carbocycles. The molecule has 1 fully saturated rings. The van der Waals surface area contributed by atoms with Crippen molar-refractivity contribution in [3.05, 3.63) is 28.8 Å². The zero-order chi connectivity index (χ0) is 18.4. The second-order valence-electron chi connectivity index (χ2n) is 9.57. The first-order valence-corrected chi connectivity index (χ1v) is 10.1. The predicted molar refractivity (Wildman–Crippen MR) is 108 cm³/mol. The first-order valence-electron chi connectivity index (χ1n) is 10.1. The molecule has 1 aromatic carbocycles. The number of methoxy groups -OCH3 is 1. The monoisotopic (exact) mass is 343 g/mol. The van der Waals surface area contributed by atoms with Crippen molar-refractivity contribution in [3.63, 3.8) is 0 Å². The summed E-state index contributed by atoms with van der Waals surface area (Å²) in [6, 6.07) is 5.06. The van der Waals surface area contributed by atoms with Gasteiger partial charge < -0.3 is 9.64 Å². The Hall–Kier alpha value is -1.02. The van der Waals surface area contributed by atoms with E-state index >= 15 is 0 Å². The molecule has 0 spiro atoms. The number of anilines is 1. The molecule has 0 saturated heterocycles. The number of hydrogen-bond donors (Lipinski definition) is 0. The molecule has 0 aromatic heterocycles. The van der Waals surface area contributed by atoms with Crippen LogP contribution < -0.4 is 4.90 Å². The third-order valence-electron chi connectivity index (χ3n) is 7.20. The minimum Gasteiger partial charge on any atom is -0.384 e. The number of aryl methyl sites for hydroxylation is 1. The Bertz CT molecular complexity index is 631. The van der Waals surface area contributed by atoms with Gasteiger partial charge in [-0.15, -0.1) is 0 Å². The van der Waals surface area contributed by atoms with E-state index in [9.17, 15) is 0 Å². The topological polar surface area (TPSA) is 12.5 Å². The van der Waals surface area contributed by atoms with Gasteiger partial charge in [-0.1, -0.05) is 40.2 Å². The molecule has 140 valence electrons. The van der Waals surface area contributed by atoms with Crippen LogP contribution in [0.5, 0.6) is 0 Å². The van der Waals surface area contributed by atoms with Gasteiger partial charge in [0, 0.05) is 26.9 Å². The lowest BCUT2D eigenvalue weighted by molar-refractivity contribution is -0.0324. The van der Waals surface area contributed by atoms with Crippen molar-refractivity contribution < 1.29 is 4.74 Å². The zero-order valence-corrected chi connectivity index (χ0v) is 17.4. The van der Waals surface area contributed by atoms with Crippen LogP contribution in [0.1, 0.15) is 76.0 Å². The first kappa shape index (κ1) is 18.8. The van der Waals surface area contributed by atoms with Crippen molar-refractivity contribution in [1.29, 1.82) is 0 Å². The molecule has 2 heteroatoms. The number of ether oxygens (including phenoxy) is 1. The third kappa shape index (κ3) is 3.01. The van der Waals surface area contributed by atoms with Crippen molar-refractivity contribution in [3.8, 4) is 0 Å². The van der Waals surface area contributed by atoms with Crippen LogP contribution in [-0.4, -0.2) is 27.8 Å². The summed E-state index contributed by atoms with van der Waals surface area (Å²) in [5.74, 6) is 1.29. The van der Waals surface area contributed by atoms with Gasteiger partial charge in [0.15, 0.2) is 0 Å². The summed E-state index contributed by atoms with van der Waals surface area (Å²) in [5.41, 5.74) is 6.75. The van der Waals surface area contributed by atoms with Crippen molar-refractivity contribution in [2.75, 3.05) is 32.7 Å². The number of hydrogen-bond acceptors (Lipinski definition) is 2. The number of nitrogens with zero attached hydrogens (tertiary/aromatic N) is 1. The van der Waals surface area contributed by atoms with Gasteiger partial charge in [0.05, 0.1) is 6.61 Å². The van der Waals surface area contributed by atoms with E-state index in [0.717, 1.165) is 12.5 Å². The number of rotatable bonds is 4. The molecular formula is C23H37NO. The van der Waals surface area contributed by atoms with E-state index in [1.54, 1.807) is 11.1 Å². The van der Waals surface area contributed by atoms with Crippen molar-refractivity contribution in [2.24, 2.45) is 11.3 Å². The van der Waals surface area contributed by atoms with Gasteiger partial charge >= 0.3 is 0 Å². The quantitative estimate of drug-likeness (QED) is 0.712. The van der Waals surface area contributed by atoms with Crippen LogP contribution in [0.2, 0.25) is 0 Å². The molecule has 2 aliphatic rings. The summed E-state index contributed by atoms with van der Waals surface area (Å²) in [7, 11) is 6.24. The van der Waals surface area contributed by atoms with Gasteiger partial charge in [0.2, 0.25) is 0 Å². The summed E-state index contributed by atoms with van der Waals surface area (Å²) < 4.78 is 5.67. The Morgan fingerprint density at radius 2 is 1.92 bits per heavy atom. The Labute approximate surface area is 154 Å². The van der Waals surface area contributed by atoms with Gasteiger partial charge in [-0.25, -0.2) is 0 Å². The molecule has 0 N–H and O–H groups in total. The SMILES string of the molecule is COCC1(C)CCCC2(C)c3cc(N(C)C)c(C(C)C)cc3CCC12. The average molecular weight is 344 g/mol. The molecule has 0 aliphatic heterocycles. The normalized spacial score (nSPS) is 31.6. The van der Waals surface area contributed by atoms with Gasteiger partial charge in [-0.05, 0) is 71.1 Å². The fraction of sp³-hybridized carbons (Fsp3) is 0.739. The maximum Gasteiger partial charge on any atom is 0.0518 e. The molecule has 3 unspecified atom stereocenters. The molecule has 3 rings (SSSR count). The number of fused-ring (bicyclic) bond motifs is 3. The van der Waals surface area contributed by atoms with E-state index in [-0.39, 0.29) is 0 Å². The molecule has 0 radical (unpaired) electrons. The second kappa shape index (κ2) is 6.61. The molecular weight excluding hydrogens is 306 g/mol. The van der Waals surface area contributed by atoms with Gasteiger partial charge in [-0.3, -0.25) is 0 Å². The standard InChI is InChI=1S/C23H37NO/c1-16(2)18-13-17-9-10-21-22(3,15-25-7)11-8-12-23(21,4)19(17)14-20(18)24(5)6/h13-14,16,21H,8-12,15H2,1-7H3. The Balaban J connectivity index is 2.12. The highest BCUT2D eigenvalue weighted by molar-refractivity contribution is 5.60. The molecule has 1 aromatic rings. The summed E-state index contributed by atoms with van der Waals surface area (Å²) in [4.78, 5) is 2.31. The van der Waals surface area contributed by atoms with Crippen LogP contribution in [0.25, 0.3) is 0 Å². The maximum atomic E-state index is 5.67. The predicted octanol–water partition coefficient (Wildman–Crippen LogP) is 5.53. The van der Waals surface area contributed by atoms with E-state index in [2.05, 4.69) is 58.8 Å². The third-order valence-corrected chi connectivity index (χ3v) is 7.20. The van der Waals surface area contributed by atoms with Gasteiger partial charge in [0.1, 0.15) is 0 Å². The van der Waals surface area contributed by atoms with Crippen molar-refractivity contribution in [2.45, 2.75) is 71.1 Å². The summed E-state index contributed by atoms with van der Waals surface area (Å²) in [5, 5.41) is 0. The Kier molecular flexibility index (Phi) is 4.96. The highest BCUT2D eigenvalue weighted by atomic mass is 16.5. The molecule has 2 nitrogen and oxygen atoms in total. The minimum atomic E-state index is 0.291. The largest absolute Gasteiger partial charge is 0.384 e. The lowest BCUT2D eigenvalue weighted by atomic mass is 9.50. The minimum absolute atomic E-state index is 0.291. The highest BCUT2D eigenvalue weighted by Crippen LogP contribution is 2.58. The van der Waals surface area contributed by atoms with E-state index < -0.39 is 0 Å².